The van der Waals surface area contributed by atoms with Crippen molar-refractivity contribution in [3.8, 4) is 0 Å². The van der Waals surface area contributed by atoms with Gasteiger partial charge in [0.2, 0.25) is 0 Å². The predicted molar refractivity (Wildman–Crippen MR) is 88.6 cm³/mol. The van der Waals surface area contributed by atoms with E-state index in [0.29, 0.717) is 25.0 Å². The van der Waals surface area contributed by atoms with Crippen molar-refractivity contribution in [2.24, 2.45) is 11.8 Å². The number of rotatable bonds is 8. The summed E-state index contributed by atoms with van der Waals surface area (Å²) < 4.78 is 5.71. The van der Waals surface area contributed by atoms with Crippen molar-refractivity contribution in [3.63, 3.8) is 0 Å². The van der Waals surface area contributed by atoms with E-state index in [-0.39, 0.29) is 6.04 Å². The molecule has 0 fully saturated rings. The van der Waals surface area contributed by atoms with Crippen molar-refractivity contribution in [3.05, 3.63) is 34.5 Å². The zero-order valence-electron chi connectivity index (χ0n) is 13.0. The molecule has 0 aromatic carbocycles. The lowest BCUT2D eigenvalue weighted by molar-refractivity contribution is 0.0121. The first-order chi connectivity index (χ1) is 10.2. The minimum atomic E-state index is -0.443. The van der Waals surface area contributed by atoms with Crippen LogP contribution in [0.25, 0.3) is 0 Å². The fourth-order valence-electron chi connectivity index (χ4n) is 2.60. The Morgan fingerprint density at radius 1 is 1.43 bits per heavy atom. The fraction of sp³-hybridized carbons (Fsp3) is 0.647. The lowest BCUT2D eigenvalue weighted by Gasteiger charge is -2.25. The lowest BCUT2D eigenvalue weighted by atomic mass is 9.85. The summed E-state index contributed by atoms with van der Waals surface area (Å²) in [6, 6.07) is 4.45. The third kappa shape index (κ3) is 5.55. The first-order valence-electron chi connectivity index (χ1n) is 7.84. The number of aliphatic hydroxyl groups is 1. The largest absolute Gasteiger partial charge is 0.389 e. The zero-order chi connectivity index (χ0) is 15.1. The van der Waals surface area contributed by atoms with Gasteiger partial charge in [-0.15, -0.1) is 11.3 Å². The Labute approximate surface area is 132 Å². The highest BCUT2D eigenvalue weighted by Crippen LogP contribution is 2.25. The molecule has 0 bridgehead atoms. The molecule has 0 saturated heterocycles. The van der Waals surface area contributed by atoms with Crippen LogP contribution in [0, 0.1) is 11.8 Å². The van der Waals surface area contributed by atoms with Crippen LogP contribution < -0.4 is 5.32 Å². The first kappa shape index (κ1) is 16.7. The highest BCUT2D eigenvalue weighted by Gasteiger charge is 2.19. The van der Waals surface area contributed by atoms with Crippen molar-refractivity contribution in [2.75, 3.05) is 19.8 Å². The maximum Gasteiger partial charge on any atom is 0.0897 e. The second kappa shape index (κ2) is 8.69. The average molecular weight is 309 g/mol. The third-order valence-corrected chi connectivity index (χ3v) is 5.24. The molecule has 0 aliphatic heterocycles. The third-order valence-electron chi connectivity index (χ3n) is 4.19. The lowest BCUT2D eigenvalue weighted by Crippen LogP contribution is -2.32. The molecule has 0 saturated carbocycles. The zero-order valence-corrected chi connectivity index (χ0v) is 13.8. The summed E-state index contributed by atoms with van der Waals surface area (Å²) in [5.74, 6) is 1.28. The monoisotopic (exact) mass is 309 g/mol. The van der Waals surface area contributed by atoms with Crippen molar-refractivity contribution in [2.45, 2.75) is 38.8 Å². The normalized spacial score (nSPS) is 24.9. The summed E-state index contributed by atoms with van der Waals surface area (Å²) in [5, 5.41) is 15.4. The van der Waals surface area contributed by atoms with Gasteiger partial charge in [0.05, 0.1) is 19.3 Å². The molecule has 118 valence electrons. The van der Waals surface area contributed by atoms with E-state index in [1.165, 1.54) is 4.88 Å². The average Bonchev–Trinajstić information content (AvgIpc) is 3.01. The Morgan fingerprint density at radius 3 is 2.95 bits per heavy atom. The second-order valence-corrected chi connectivity index (χ2v) is 7.00. The summed E-state index contributed by atoms with van der Waals surface area (Å²) in [5.41, 5.74) is 0. The molecule has 1 aromatic heterocycles. The highest BCUT2D eigenvalue weighted by molar-refractivity contribution is 7.10. The number of aliphatic hydroxyl groups excluding tert-OH is 1. The van der Waals surface area contributed by atoms with Crippen LogP contribution in [-0.4, -0.2) is 31.0 Å². The summed E-state index contributed by atoms with van der Waals surface area (Å²) in [4.78, 5) is 1.30. The molecule has 21 heavy (non-hydrogen) atoms. The second-order valence-electron chi connectivity index (χ2n) is 6.02. The van der Waals surface area contributed by atoms with Crippen LogP contribution >= 0.6 is 11.3 Å². The Morgan fingerprint density at radius 2 is 2.24 bits per heavy atom. The number of hydrogen-bond donors (Lipinski definition) is 2. The standard InChI is InChI=1S/C17H27NO2S/c1-13-6-3-4-7-15(13)11-20-12-16(19)10-18-14(2)17-8-5-9-21-17/h3-5,8-9,13-16,18-19H,6-7,10-12H2,1-2H3/t13?,14-,15?,16?/m1/s1. The van der Waals surface area contributed by atoms with Crippen LogP contribution in [0.3, 0.4) is 0 Å². The van der Waals surface area contributed by atoms with Crippen LogP contribution in [-0.2, 0) is 4.74 Å². The minimum Gasteiger partial charge on any atom is -0.389 e. The topological polar surface area (TPSA) is 41.5 Å². The van der Waals surface area contributed by atoms with E-state index in [2.05, 4.69) is 48.8 Å². The van der Waals surface area contributed by atoms with E-state index in [1.807, 2.05) is 0 Å². The van der Waals surface area contributed by atoms with E-state index in [0.717, 1.165) is 19.4 Å². The Hall–Kier alpha value is -0.680. The summed E-state index contributed by atoms with van der Waals surface area (Å²) in [7, 11) is 0. The van der Waals surface area contributed by atoms with Crippen LogP contribution in [0.15, 0.2) is 29.7 Å². The van der Waals surface area contributed by atoms with E-state index < -0.39 is 6.10 Å². The van der Waals surface area contributed by atoms with Gasteiger partial charge in [-0.05, 0) is 43.0 Å². The quantitative estimate of drug-likeness (QED) is 0.723. The molecule has 2 rings (SSSR count). The van der Waals surface area contributed by atoms with E-state index in [1.54, 1.807) is 11.3 Å². The van der Waals surface area contributed by atoms with Gasteiger partial charge in [0.25, 0.3) is 0 Å². The van der Waals surface area contributed by atoms with Gasteiger partial charge in [-0.25, -0.2) is 0 Å². The van der Waals surface area contributed by atoms with Gasteiger partial charge < -0.3 is 15.2 Å². The molecule has 1 aromatic rings. The SMILES string of the molecule is CC1CC=CCC1COCC(O)CN[C@H](C)c1cccs1. The fourth-order valence-corrected chi connectivity index (χ4v) is 3.36. The van der Waals surface area contributed by atoms with Gasteiger partial charge in [0, 0.05) is 17.5 Å². The Balaban J connectivity index is 1.59. The van der Waals surface area contributed by atoms with Crippen LogP contribution in [0.4, 0.5) is 0 Å². The van der Waals surface area contributed by atoms with Crippen molar-refractivity contribution in [1.29, 1.82) is 0 Å². The Kier molecular flexibility index (Phi) is 6.90. The maximum absolute atomic E-state index is 9.99. The van der Waals surface area contributed by atoms with Crippen molar-refractivity contribution >= 4 is 11.3 Å². The van der Waals surface area contributed by atoms with Gasteiger partial charge in [-0.3, -0.25) is 0 Å². The van der Waals surface area contributed by atoms with Crippen LogP contribution in [0.2, 0.25) is 0 Å². The van der Waals surface area contributed by atoms with Gasteiger partial charge in [0.1, 0.15) is 0 Å². The van der Waals surface area contributed by atoms with Crippen LogP contribution in [0.1, 0.15) is 37.6 Å². The molecular formula is C17H27NO2S. The highest BCUT2D eigenvalue weighted by atomic mass is 32.1. The molecule has 1 aliphatic rings. The van der Waals surface area contributed by atoms with Gasteiger partial charge >= 0.3 is 0 Å². The molecule has 1 aliphatic carbocycles. The molecule has 2 N–H and O–H groups in total. The first-order valence-corrected chi connectivity index (χ1v) is 8.72. The maximum atomic E-state index is 9.99. The molecule has 0 radical (unpaired) electrons. The molecule has 4 atom stereocenters. The van der Waals surface area contributed by atoms with E-state index in [4.69, 9.17) is 4.74 Å². The number of ether oxygens (including phenoxy) is 1. The van der Waals surface area contributed by atoms with Gasteiger partial charge in [-0.1, -0.05) is 25.1 Å². The molecular weight excluding hydrogens is 282 g/mol. The summed E-state index contributed by atoms with van der Waals surface area (Å²) in [6.07, 6.45) is 6.31. The molecule has 1 heterocycles. The van der Waals surface area contributed by atoms with Crippen molar-refractivity contribution < 1.29 is 9.84 Å². The number of nitrogens with one attached hydrogen (secondary N) is 1. The molecule has 4 heteroatoms. The van der Waals surface area contributed by atoms with Gasteiger partial charge in [-0.2, -0.15) is 0 Å². The molecule has 0 amide bonds. The number of hydrogen-bond acceptors (Lipinski definition) is 4. The summed E-state index contributed by atoms with van der Waals surface area (Å²) >= 11 is 1.74. The minimum absolute atomic E-state index is 0.281. The molecule has 0 spiro atoms. The predicted octanol–water partition coefficient (Wildman–Crippen LogP) is 3.38. The molecule has 3 unspecified atom stereocenters. The van der Waals surface area contributed by atoms with Crippen LogP contribution in [0.5, 0.6) is 0 Å². The van der Waals surface area contributed by atoms with E-state index >= 15 is 0 Å². The van der Waals surface area contributed by atoms with E-state index in [9.17, 15) is 5.11 Å². The molecule has 3 nitrogen and oxygen atoms in total. The summed E-state index contributed by atoms with van der Waals surface area (Å²) in [6.45, 7) is 6.13. The number of thiophene rings is 1. The number of allylic oxidation sites excluding steroid dienone is 2. The smallest absolute Gasteiger partial charge is 0.0897 e. The van der Waals surface area contributed by atoms with Gasteiger partial charge in [0.15, 0.2) is 0 Å². The van der Waals surface area contributed by atoms with Crippen molar-refractivity contribution in [1.82, 2.24) is 5.32 Å². The Bertz CT molecular complexity index is 418.